The van der Waals surface area contributed by atoms with Crippen LogP contribution in [-0.2, 0) is 0 Å². The molecular formula is C12H20BrN3. The summed E-state index contributed by atoms with van der Waals surface area (Å²) >= 11 is 3.43. The van der Waals surface area contributed by atoms with Crippen molar-refractivity contribution in [1.82, 2.24) is 9.97 Å². The standard InChI is InChI=1S/C12H20BrN3/c1-3-4-5-6-7-10(2)16-12-11(13)8-14-9-15-12/h8-10H,3-7H2,1-2H3,(H,14,15,16). The lowest BCUT2D eigenvalue weighted by Crippen LogP contribution is -2.16. The van der Waals surface area contributed by atoms with E-state index in [1.54, 1.807) is 12.5 Å². The summed E-state index contributed by atoms with van der Waals surface area (Å²) in [5.74, 6) is 0.887. The first kappa shape index (κ1) is 13.4. The fourth-order valence-electron chi connectivity index (χ4n) is 1.60. The van der Waals surface area contributed by atoms with Gasteiger partial charge in [-0.25, -0.2) is 9.97 Å². The van der Waals surface area contributed by atoms with Crippen molar-refractivity contribution in [1.29, 1.82) is 0 Å². The summed E-state index contributed by atoms with van der Waals surface area (Å²) in [4.78, 5) is 8.13. The second-order valence-corrected chi connectivity index (χ2v) is 4.97. The van der Waals surface area contributed by atoms with Crippen molar-refractivity contribution < 1.29 is 0 Å². The Hall–Kier alpha value is -0.640. The molecule has 1 heterocycles. The van der Waals surface area contributed by atoms with Gasteiger partial charge in [0.05, 0.1) is 4.47 Å². The highest BCUT2D eigenvalue weighted by molar-refractivity contribution is 9.10. The summed E-state index contributed by atoms with van der Waals surface area (Å²) in [5, 5.41) is 3.39. The monoisotopic (exact) mass is 285 g/mol. The second kappa shape index (κ2) is 7.60. The van der Waals surface area contributed by atoms with Crippen molar-refractivity contribution in [2.45, 2.75) is 52.0 Å². The van der Waals surface area contributed by atoms with E-state index in [9.17, 15) is 0 Å². The molecule has 0 saturated carbocycles. The minimum atomic E-state index is 0.461. The molecule has 0 aliphatic carbocycles. The van der Waals surface area contributed by atoms with E-state index in [1.807, 2.05) is 0 Å². The Balaban J connectivity index is 2.28. The zero-order valence-electron chi connectivity index (χ0n) is 10.0. The zero-order valence-corrected chi connectivity index (χ0v) is 11.6. The summed E-state index contributed by atoms with van der Waals surface area (Å²) in [5.41, 5.74) is 0. The molecule has 0 fully saturated rings. The van der Waals surface area contributed by atoms with Gasteiger partial charge >= 0.3 is 0 Å². The van der Waals surface area contributed by atoms with E-state index in [2.05, 4.69) is 45.1 Å². The van der Waals surface area contributed by atoms with Gasteiger partial charge in [0.15, 0.2) is 0 Å². The molecule has 0 aliphatic rings. The SMILES string of the molecule is CCCCCCC(C)Nc1ncncc1Br. The predicted octanol–water partition coefficient (Wildman–Crippen LogP) is 4.01. The molecule has 1 aromatic rings. The first-order valence-electron chi connectivity index (χ1n) is 5.96. The Morgan fingerprint density at radius 1 is 1.38 bits per heavy atom. The minimum absolute atomic E-state index is 0.461. The molecule has 4 heteroatoms. The fourth-order valence-corrected chi connectivity index (χ4v) is 1.94. The minimum Gasteiger partial charge on any atom is -0.367 e. The van der Waals surface area contributed by atoms with Crippen LogP contribution in [0.25, 0.3) is 0 Å². The zero-order chi connectivity index (χ0) is 11.8. The lowest BCUT2D eigenvalue weighted by molar-refractivity contribution is 0.592. The smallest absolute Gasteiger partial charge is 0.143 e. The van der Waals surface area contributed by atoms with Crippen LogP contribution in [0.4, 0.5) is 5.82 Å². The van der Waals surface area contributed by atoms with E-state index < -0.39 is 0 Å². The average Bonchev–Trinajstić information content (AvgIpc) is 2.28. The maximum absolute atomic E-state index is 4.19. The van der Waals surface area contributed by atoms with Crippen LogP contribution in [0.1, 0.15) is 46.0 Å². The third-order valence-electron chi connectivity index (χ3n) is 2.54. The molecule has 1 unspecified atom stereocenters. The van der Waals surface area contributed by atoms with Gasteiger partial charge in [-0.2, -0.15) is 0 Å². The summed E-state index contributed by atoms with van der Waals surface area (Å²) in [6.07, 6.45) is 9.76. The quantitative estimate of drug-likeness (QED) is 0.769. The van der Waals surface area contributed by atoms with Crippen molar-refractivity contribution in [2.24, 2.45) is 0 Å². The van der Waals surface area contributed by atoms with Gasteiger partial charge < -0.3 is 5.32 Å². The van der Waals surface area contributed by atoms with Gasteiger partial charge in [0.2, 0.25) is 0 Å². The van der Waals surface area contributed by atoms with E-state index in [-0.39, 0.29) is 0 Å². The van der Waals surface area contributed by atoms with Gasteiger partial charge in [-0.15, -0.1) is 0 Å². The van der Waals surface area contributed by atoms with E-state index >= 15 is 0 Å². The number of nitrogens with zero attached hydrogens (tertiary/aromatic N) is 2. The number of rotatable bonds is 7. The lowest BCUT2D eigenvalue weighted by Gasteiger charge is -2.14. The molecule has 1 rings (SSSR count). The van der Waals surface area contributed by atoms with Crippen LogP contribution in [0, 0.1) is 0 Å². The molecule has 0 radical (unpaired) electrons. The number of aromatic nitrogens is 2. The molecule has 0 saturated heterocycles. The number of hydrogen-bond donors (Lipinski definition) is 1. The number of anilines is 1. The second-order valence-electron chi connectivity index (χ2n) is 4.11. The first-order valence-corrected chi connectivity index (χ1v) is 6.75. The summed E-state index contributed by atoms with van der Waals surface area (Å²) < 4.78 is 0.926. The molecule has 0 amide bonds. The topological polar surface area (TPSA) is 37.8 Å². The molecule has 0 aromatic carbocycles. The van der Waals surface area contributed by atoms with Crippen molar-refractivity contribution in [2.75, 3.05) is 5.32 Å². The van der Waals surface area contributed by atoms with Crippen molar-refractivity contribution in [3.8, 4) is 0 Å². The van der Waals surface area contributed by atoms with Crippen LogP contribution in [0.3, 0.4) is 0 Å². The molecule has 1 atom stereocenters. The average molecular weight is 286 g/mol. The fraction of sp³-hybridized carbons (Fsp3) is 0.667. The van der Waals surface area contributed by atoms with Gasteiger partial charge in [-0.1, -0.05) is 32.6 Å². The highest BCUT2D eigenvalue weighted by atomic mass is 79.9. The Bertz CT molecular complexity index is 304. The molecule has 0 spiro atoms. The highest BCUT2D eigenvalue weighted by Gasteiger charge is 2.05. The van der Waals surface area contributed by atoms with Crippen molar-refractivity contribution in [3.05, 3.63) is 17.0 Å². The van der Waals surface area contributed by atoms with Crippen LogP contribution in [0.15, 0.2) is 17.0 Å². The Morgan fingerprint density at radius 2 is 2.19 bits per heavy atom. The highest BCUT2D eigenvalue weighted by Crippen LogP contribution is 2.19. The summed E-state index contributed by atoms with van der Waals surface area (Å²) in [7, 11) is 0. The molecule has 3 nitrogen and oxygen atoms in total. The Kier molecular flexibility index (Phi) is 6.38. The molecule has 90 valence electrons. The normalized spacial score (nSPS) is 12.4. The molecule has 0 bridgehead atoms. The van der Waals surface area contributed by atoms with Crippen LogP contribution >= 0.6 is 15.9 Å². The van der Waals surface area contributed by atoms with Crippen LogP contribution in [0.2, 0.25) is 0 Å². The van der Waals surface area contributed by atoms with E-state index in [0.29, 0.717) is 6.04 Å². The third-order valence-corrected chi connectivity index (χ3v) is 3.12. The number of unbranched alkanes of at least 4 members (excludes halogenated alkanes) is 3. The van der Waals surface area contributed by atoms with Crippen LogP contribution in [-0.4, -0.2) is 16.0 Å². The molecular weight excluding hydrogens is 266 g/mol. The van der Waals surface area contributed by atoms with Gasteiger partial charge in [-0.3, -0.25) is 0 Å². The van der Waals surface area contributed by atoms with E-state index in [0.717, 1.165) is 10.3 Å². The summed E-state index contributed by atoms with van der Waals surface area (Å²) in [6.45, 7) is 4.43. The molecule has 16 heavy (non-hydrogen) atoms. The summed E-state index contributed by atoms with van der Waals surface area (Å²) in [6, 6.07) is 0.461. The molecule has 1 aromatic heterocycles. The maximum Gasteiger partial charge on any atom is 0.143 e. The van der Waals surface area contributed by atoms with E-state index in [4.69, 9.17) is 0 Å². The Labute approximate surface area is 106 Å². The largest absolute Gasteiger partial charge is 0.367 e. The van der Waals surface area contributed by atoms with Gasteiger partial charge in [0.1, 0.15) is 12.1 Å². The number of nitrogens with one attached hydrogen (secondary N) is 1. The van der Waals surface area contributed by atoms with Crippen LogP contribution in [0.5, 0.6) is 0 Å². The number of halogens is 1. The first-order chi connectivity index (χ1) is 7.74. The molecule has 0 aliphatic heterocycles. The number of hydrogen-bond acceptors (Lipinski definition) is 3. The van der Waals surface area contributed by atoms with Crippen molar-refractivity contribution in [3.63, 3.8) is 0 Å². The molecule has 1 N–H and O–H groups in total. The Morgan fingerprint density at radius 3 is 2.88 bits per heavy atom. The third kappa shape index (κ3) is 4.92. The van der Waals surface area contributed by atoms with Gasteiger partial charge in [0.25, 0.3) is 0 Å². The van der Waals surface area contributed by atoms with Gasteiger partial charge in [0, 0.05) is 12.2 Å². The van der Waals surface area contributed by atoms with Crippen molar-refractivity contribution >= 4 is 21.7 Å². The van der Waals surface area contributed by atoms with Crippen LogP contribution < -0.4 is 5.32 Å². The van der Waals surface area contributed by atoms with Gasteiger partial charge in [-0.05, 0) is 29.3 Å². The maximum atomic E-state index is 4.19. The predicted molar refractivity (Wildman–Crippen MR) is 71.6 cm³/mol. The lowest BCUT2D eigenvalue weighted by atomic mass is 10.1. The van der Waals surface area contributed by atoms with E-state index in [1.165, 1.54) is 32.1 Å².